The highest BCUT2D eigenvalue weighted by molar-refractivity contribution is 4.70. The molecule has 0 rings (SSSR count). The van der Waals surface area contributed by atoms with Crippen LogP contribution >= 0.6 is 0 Å². The van der Waals surface area contributed by atoms with E-state index < -0.39 is 0 Å². The molecule has 0 aliphatic rings. The van der Waals surface area contributed by atoms with Gasteiger partial charge in [-0.2, -0.15) is 0 Å². The molecule has 0 spiro atoms. The van der Waals surface area contributed by atoms with Gasteiger partial charge in [-0.25, -0.2) is 0 Å². The molecule has 14 heavy (non-hydrogen) atoms. The molecule has 0 bridgehead atoms. The summed E-state index contributed by atoms with van der Waals surface area (Å²) in [5.74, 6) is 0.933. The van der Waals surface area contributed by atoms with Gasteiger partial charge in [-0.05, 0) is 24.7 Å². The van der Waals surface area contributed by atoms with Crippen LogP contribution in [0.1, 0.15) is 72.6 Å². The van der Waals surface area contributed by atoms with E-state index in [1.165, 1.54) is 44.9 Å². The smallest absolute Gasteiger partial charge is 0.0354 e. The fourth-order valence-electron chi connectivity index (χ4n) is 1.79. The van der Waals surface area contributed by atoms with Crippen LogP contribution in [0, 0.1) is 18.3 Å². The highest BCUT2D eigenvalue weighted by atomic mass is 14.2. The summed E-state index contributed by atoms with van der Waals surface area (Å²) in [6.07, 6.45) is 9.60. The van der Waals surface area contributed by atoms with Gasteiger partial charge in [0.25, 0.3) is 0 Å². The Labute approximate surface area is 91.5 Å². The van der Waals surface area contributed by atoms with Crippen LogP contribution in [-0.2, 0) is 0 Å². The van der Waals surface area contributed by atoms with Crippen molar-refractivity contribution < 1.29 is 0 Å². The molecule has 0 saturated heterocycles. The zero-order chi connectivity index (χ0) is 11.0. The second-order valence-electron chi connectivity index (χ2n) is 5.66. The van der Waals surface area contributed by atoms with Crippen molar-refractivity contribution in [2.75, 3.05) is 0 Å². The van der Waals surface area contributed by atoms with Gasteiger partial charge in [-0.1, -0.05) is 66.2 Å². The quantitative estimate of drug-likeness (QED) is 0.467. The standard InChI is InChI=1S/C14H29/c1-6-7-10-13(2)11-8-9-12-14(3,4)5/h13H,3,6-12H2,1-2,4-5H3. The molecule has 0 heterocycles. The Balaban J connectivity index is 3.27. The van der Waals surface area contributed by atoms with Crippen LogP contribution in [0.5, 0.6) is 0 Å². The molecule has 1 radical (unpaired) electrons. The Hall–Kier alpha value is 0. The maximum absolute atomic E-state index is 4.14. The zero-order valence-corrected chi connectivity index (χ0v) is 10.7. The van der Waals surface area contributed by atoms with Crippen LogP contribution in [0.4, 0.5) is 0 Å². The third kappa shape index (κ3) is 10.1. The third-order valence-corrected chi connectivity index (χ3v) is 2.85. The molecule has 0 aromatic carbocycles. The number of hydrogen-bond donors (Lipinski definition) is 0. The summed E-state index contributed by atoms with van der Waals surface area (Å²) >= 11 is 0. The minimum atomic E-state index is 0.284. The van der Waals surface area contributed by atoms with Crippen LogP contribution < -0.4 is 0 Å². The summed E-state index contributed by atoms with van der Waals surface area (Å²) < 4.78 is 0. The van der Waals surface area contributed by atoms with Gasteiger partial charge in [0.15, 0.2) is 0 Å². The molecular weight excluding hydrogens is 168 g/mol. The molecule has 0 N–H and O–H groups in total. The summed E-state index contributed by atoms with van der Waals surface area (Å²) in [6.45, 7) is 13.3. The Bertz CT molecular complexity index is 118. The summed E-state index contributed by atoms with van der Waals surface area (Å²) in [6, 6.07) is 0. The molecule has 0 aliphatic carbocycles. The van der Waals surface area contributed by atoms with Gasteiger partial charge in [0.2, 0.25) is 0 Å². The second-order valence-corrected chi connectivity index (χ2v) is 5.66. The number of unbranched alkanes of at least 4 members (excludes halogenated alkanes) is 2. The lowest BCUT2D eigenvalue weighted by atomic mass is 9.88. The number of hydrogen-bond acceptors (Lipinski definition) is 0. The van der Waals surface area contributed by atoms with Crippen molar-refractivity contribution in [1.29, 1.82) is 0 Å². The summed E-state index contributed by atoms with van der Waals surface area (Å²) in [4.78, 5) is 0. The van der Waals surface area contributed by atoms with Crippen molar-refractivity contribution in [2.24, 2.45) is 11.3 Å². The van der Waals surface area contributed by atoms with Crippen LogP contribution in [0.15, 0.2) is 0 Å². The van der Waals surface area contributed by atoms with E-state index in [-0.39, 0.29) is 5.41 Å². The maximum atomic E-state index is 4.14. The molecule has 1 unspecified atom stereocenters. The second kappa shape index (κ2) is 7.31. The molecule has 1 atom stereocenters. The molecule has 85 valence electrons. The highest BCUT2D eigenvalue weighted by Crippen LogP contribution is 2.23. The molecule has 0 aromatic heterocycles. The molecule has 0 aliphatic heterocycles. The topological polar surface area (TPSA) is 0 Å². The van der Waals surface area contributed by atoms with Gasteiger partial charge in [-0.3, -0.25) is 0 Å². The van der Waals surface area contributed by atoms with Gasteiger partial charge in [0, 0.05) is 0 Å². The molecule has 0 saturated carbocycles. The molecule has 0 amide bonds. The lowest BCUT2D eigenvalue weighted by Gasteiger charge is -2.18. The van der Waals surface area contributed by atoms with Crippen LogP contribution in [0.25, 0.3) is 0 Å². The minimum absolute atomic E-state index is 0.284. The monoisotopic (exact) mass is 197 g/mol. The number of rotatable bonds is 8. The van der Waals surface area contributed by atoms with Crippen molar-refractivity contribution in [1.82, 2.24) is 0 Å². The van der Waals surface area contributed by atoms with Crippen LogP contribution in [0.3, 0.4) is 0 Å². The van der Waals surface area contributed by atoms with Gasteiger partial charge >= 0.3 is 0 Å². The van der Waals surface area contributed by atoms with E-state index >= 15 is 0 Å². The molecule has 0 fully saturated rings. The largest absolute Gasteiger partial charge is 0.0654 e. The molecule has 0 heteroatoms. The first kappa shape index (κ1) is 14.0. The lowest BCUT2D eigenvalue weighted by molar-refractivity contribution is 0.382. The van der Waals surface area contributed by atoms with Crippen LogP contribution in [0.2, 0.25) is 0 Å². The Kier molecular flexibility index (Phi) is 7.31. The van der Waals surface area contributed by atoms with Gasteiger partial charge in [0.1, 0.15) is 0 Å². The average molecular weight is 197 g/mol. The Morgan fingerprint density at radius 3 is 2.14 bits per heavy atom. The molecular formula is C14H29. The van der Waals surface area contributed by atoms with Crippen molar-refractivity contribution in [3.8, 4) is 0 Å². The van der Waals surface area contributed by atoms with E-state index in [1.807, 2.05) is 0 Å². The fraction of sp³-hybridized carbons (Fsp3) is 0.929. The van der Waals surface area contributed by atoms with Crippen LogP contribution in [-0.4, -0.2) is 0 Å². The summed E-state index contributed by atoms with van der Waals surface area (Å²) in [5, 5.41) is 0. The highest BCUT2D eigenvalue weighted by Gasteiger charge is 2.09. The van der Waals surface area contributed by atoms with E-state index in [0.717, 1.165) is 5.92 Å². The first-order valence-corrected chi connectivity index (χ1v) is 6.31. The Morgan fingerprint density at radius 2 is 1.64 bits per heavy atom. The predicted octanol–water partition coefficient (Wildman–Crippen LogP) is 5.23. The van der Waals surface area contributed by atoms with Gasteiger partial charge in [0.05, 0.1) is 0 Å². The van der Waals surface area contributed by atoms with E-state index in [4.69, 9.17) is 0 Å². The van der Waals surface area contributed by atoms with Crippen molar-refractivity contribution in [2.45, 2.75) is 72.6 Å². The maximum Gasteiger partial charge on any atom is -0.0354 e. The first-order valence-electron chi connectivity index (χ1n) is 6.31. The lowest BCUT2D eigenvalue weighted by Crippen LogP contribution is -2.05. The van der Waals surface area contributed by atoms with Crippen molar-refractivity contribution in [3.05, 3.63) is 6.92 Å². The van der Waals surface area contributed by atoms with Gasteiger partial charge < -0.3 is 0 Å². The summed E-state index contributed by atoms with van der Waals surface area (Å²) in [7, 11) is 0. The zero-order valence-electron chi connectivity index (χ0n) is 10.7. The normalized spacial score (nSPS) is 14.4. The van der Waals surface area contributed by atoms with Crippen molar-refractivity contribution >= 4 is 0 Å². The SMILES string of the molecule is [CH2]C(C)(C)CCCCC(C)CCCC. The third-order valence-electron chi connectivity index (χ3n) is 2.85. The Morgan fingerprint density at radius 1 is 1.07 bits per heavy atom. The van der Waals surface area contributed by atoms with E-state index in [9.17, 15) is 0 Å². The van der Waals surface area contributed by atoms with Crippen molar-refractivity contribution in [3.63, 3.8) is 0 Å². The predicted molar refractivity (Wildman–Crippen MR) is 66.3 cm³/mol. The van der Waals surface area contributed by atoms with E-state index in [2.05, 4.69) is 34.6 Å². The molecule has 0 aromatic rings. The molecule has 0 nitrogen and oxygen atoms in total. The first-order chi connectivity index (χ1) is 6.45. The van der Waals surface area contributed by atoms with E-state index in [1.54, 1.807) is 0 Å². The minimum Gasteiger partial charge on any atom is -0.0654 e. The fourth-order valence-corrected chi connectivity index (χ4v) is 1.79. The summed E-state index contributed by atoms with van der Waals surface area (Å²) in [5.41, 5.74) is 0.284. The average Bonchev–Trinajstić information content (AvgIpc) is 2.07. The van der Waals surface area contributed by atoms with E-state index in [0.29, 0.717) is 0 Å². The van der Waals surface area contributed by atoms with Gasteiger partial charge in [-0.15, -0.1) is 0 Å².